The number of para-hydroxylation sites is 1. The molecule has 0 radical (unpaired) electrons. The van der Waals surface area contributed by atoms with Crippen molar-refractivity contribution in [2.45, 2.75) is 38.1 Å². The van der Waals surface area contributed by atoms with Crippen molar-refractivity contribution in [3.05, 3.63) is 54.3 Å². The third-order valence-corrected chi connectivity index (χ3v) is 4.37. The van der Waals surface area contributed by atoms with Crippen LogP contribution >= 0.6 is 0 Å². The number of nitrogens with zero attached hydrogens (tertiary/aromatic N) is 1. The Morgan fingerprint density at radius 3 is 2.48 bits per heavy atom. The fourth-order valence-corrected chi connectivity index (χ4v) is 3.04. The number of rotatable bonds is 2. The Morgan fingerprint density at radius 2 is 1.88 bits per heavy atom. The highest BCUT2D eigenvalue weighted by Gasteiger charge is 2.13. The van der Waals surface area contributed by atoms with Gasteiger partial charge in [-0.15, -0.1) is 0 Å². The van der Waals surface area contributed by atoms with Crippen molar-refractivity contribution >= 4 is 16.9 Å². The molecule has 5 nitrogen and oxygen atoms in total. The molecule has 0 aliphatic heterocycles. The second-order valence-electron chi connectivity index (χ2n) is 6.25. The zero-order valence-corrected chi connectivity index (χ0v) is 14.0. The molecule has 130 valence electrons. The normalized spacial score (nSPS) is 14.8. The minimum absolute atomic E-state index is 0.229. The Balaban J connectivity index is 0.000000219. The van der Waals surface area contributed by atoms with Crippen molar-refractivity contribution in [2.24, 2.45) is 5.73 Å². The number of furan rings is 1. The largest absolute Gasteiger partial charge is 0.478 e. The fourth-order valence-electron chi connectivity index (χ4n) is 3.04. The zero-order chi connectivity index (χ0) is 17.6. The van der Waals surface area contributed by atoms with Gasteiger partial charge in [-0.2, -0.15) is 0 Å². The van der Waals surface area contributed by atoms with Crippen LogP contribution in [0.2, 0.25) is 0 Å². The summed E-state index contributed by atoms with van der Waals surface area (Å²) in [5, 5.41) is 9.87. The van der Waals surface area contributed by atoms with Crippen molar-refractivity contribution in [3.8, 4) is 11.5 Å². The molecule has 4 rings (SSSR count). The Kier molecular flexibility index (Phi) is 5.46. The van der Waals surface area contributed by atoms with E-state index in [9.17, 15) is 9.90 Å². The molecular weight excluding hydrogens is 316 g/mol. The van der Waals surface area contributed by atoms with Gasteiger partial charge < -0.3 is 15.3 Å². The zero-order valence-electron chi connectivity index (χ0n) is 14.0. The lowest BCUT2D eigenvalue weighted by molar-refractivity contribution is 0.0699. The number of aromatic nitrogens is 1. The number of carbonyl (C=O) groups is 1. The molecule has 3 N–H and O–H groups in total. The van der Waals surface area contributed by atoms with Crippen LogP contribution in [0.1, 0.15) is 42.5 Å². The van der Waals surface area contributed by atoms with Crippen molar-refractivity contribution in [1.29, 1.82) is 0 Å². The summed E-state index contributed by atoms with van der Waals surface area (Å²) in [7, 11) is 0. The summed E-state index contributed by atoms with van der Waals surface area (Å²) in [6.45, 7) is 0. The molecule has 3 aromatic rings. The van der Waals surface area contributed by atoms with Crippen molar-refractivity contribution in [1.82, 2.24) is 4.98 Å². The van der Waals surface area contributed by atoms with E-state index in [0.717, 1.165) is 0 Å². The quantitative estimate of drug-likeness (QED) is 0.719. The van der Waals surface area contributed by atoms with Gasteiger partial charge in [0.15, 0.2) is 5.76 Å². The molecule has 1 saturated carbocycles. The first-order valence-corrected chi connectivity index (χ1v) is 8.57. The summed E-state index contributed by atoms with van der Waals surface area (Å²) >= 11 is 0. The van der Waals surface area contributed by atoms with E-state index in [2.05, 4.69) is 4.98 Å². The number of carboxylic acid groups (broad SMARTS) is 1. The fraction of sp³-hybridized carbons (Fsp3) is 0.300. The predicted molar refractivity (Wildman–Crippen MR) is 97.5 cm³/mol. The topological polar surface area (TPSA) is 89.4 Å². The maximum absolute atomic E-state index is 11.3. The number of carboxylic acids is 1. The number of hydrogen-bond acceptors (Lipinski definition) is 4. The molecule has 0 bridgehead atoms. The molecule has 0 amide bonds. The predicted octanol–water partition coefficient (Wildman–Crippen LogP) is 4.47. The van der Waals surface area contributed by atoms with E-state index in [1.54, 1.807) is 30.3 Å². The molecule has 25 heavy (non-hydrogen) atoms. The van der Waals surface area contributed by atoms with Crippen LogP contribution in [-0.4, -0.2) is 22.1 Å². The average Bonchev–Trinajstić information content (AvgIpc) is 3.16. The summed E-state index contributed by atoms with van der Waals surface area (Å²) in [6, 6.07) is 12.7. The van der Waals surface area contributed by atoms with Crippen LogP contribution in [0.15, 0.2) is 53.1 Å². The second kappa shape index (κ2) is 7.94. The second-order valence-corrected chi connectivity index (χ2v) is 6.25. The van der Waals surface area contributed by atoms with E-state index in [4.69, 9.17) is 10.2 Å². The summed E-state index contributed by atoms with van der Waals surface area (Å²) in [5.41, 5.74) is 7.03. The van der Waals surface area contributed by atoms with Gasteiger partial charge in [0.05, 0.1) is 17.3 Å². The number of nitrogens with two attached hydrogens (primary N) is 1. The van der Waals surface area contributed by atoms with Gasteiger partial charge in [-0.1, -0.05) is 37.5 Å². The lowest BCUT2D eigenvalue weighted by Crippen LogP contribution is -2.22. The molecule has 1 aromatic carbocycles. The maximum Gasteiger partial charge on any atom is 0.336 e. The van der Waals surface area contributed by atoms with E-state index >= 15 is 0 Å². The highest BCUT2D eigenvalue weighted by Crippen LogP contribution is 2.25. The minimum Gasteiger partial charge on any atom is -0.478 e. The molecule has 2 heterocycles. The van der Waals surface area contributed by atoms with Gasteiger partial charge in [0.25, 0.3) is 0 Å². The molecule has 0 atom stereocenters. The van der Waals surface area contributed by atoms with Gasteiger partial charge in [-0.05, 0) is 37.1 Å². The Morgan fingerprint density at radius 1 is 1.12 bits per heavy atom. The molecule has 0 saturated heterocycles. The van der Waals surface area contributed by atoms with Gasteiger partial charge in [0.1, 0.15) is 5.69 Å². The average molecular weight is 338 g/mol. The van der Waals surface area contributed by atoms with E-state index in [1.807, 2.05) is 6.07 Å². The van der Waals surface area contributed by atoms with Gasteiger partial charge >= 0.3 is 5.97 Å². The standard InChI is InChI=1S/C14H9NO3.C6H13N/c16-14(17)10-8-12(13-6-3-7-18-13)15-11-5-2-1-4-9(10)11;7-6-4-2-1-3-5-6/h1-8H,(H,16,17);6H,1-5,7H2. The van der Waals surface area contributed by atoms with Crippen molar-refractivity contribution < 1.29 is 14.3 Å². The molecule has 2 aromatic heterocycles. The Bertz CT molecular complexity index is 837. The van der Waals surface area contributed by atoms with E-state index in [1.165, 1.54) is 44.4 Å². The monoisotopic (exact) mass is 338 g/mol. The van der Waals surface area contributed by atoms with Crippen molar-refractivity contribution in [2.75, 3.05) is 0 Å². The Labute approximate surface area is 146 Å². The van der Waals surface area contributed by atoms with E-state index in [0.29, 0.717) is 28.4 Å². The molecule has 5 heteroatoms. The molecule has 0 spiro atoms. The highest BCUT2D eigenvalue weighted by atomic mass is 16.4. The SMILES string of the molecule is NC1CCCCC1.O=C(O)c1cc(-c2ccco2)nc2ccccc12. The lowest BCUT2D eigenvalue weighted by atomic mass is 9.97. The Hall–Kier alpha value is -2.66. The van der Waals surface area contributed by atoms with Crippen LogP contribution in [0, 0.1) is 0 Å². The number of fused-ring (bicyclic) bond motifs is 1. The maximum atomic E-state index is 11.3. The third kappa shape index (κ3) is 4.25. The number of benzene rings is 1. The summed E-state index contributed by atoms with van der Waals surface area (Å²) in [6.07, 6.45) is 8.20. The molecular formula is C20H22N2O3. The van der Waals surface area contributed by atoms with Gasteiger partial charge in [-0.3, -0.25) is 0 Å². The van der Waals surface area contributed by atoms with Gasteiger partial charge in [0, 0.05) is 11.4 Å². The van der Waals surface area contributed by atoms with Gasteiger partial charge in [-0.25, -0.2) is 9.78 Å². The molecule has 1 aliphatic rings. The van der Waals surface area contributed by atoms with E-state index in [-0.39, 0.29) is 5.56 Å². The van der Waals surface area contributed by atoms with Crippen LogP contribution in [-0.2, 0) is 0 Å². The van der Waals surface area contributed by atoms with Crippen LogP contribution in [0.5, 0.6) is 0 Å². The summed E-state index contributed by atoms with van der Waals surface area (Å²) < 4.78 is 5.25. The van der Waals surface area contributed by atoms with Crippen LogP contribution in [0.25, 0.3) is 22.4 Å². The van der Waals surface area contributed by atoms with Crippen LogP contribution in [0.4, 0.5) is 0 Å². The first-order valence-electron chi connectivity index (χ1n) is 8.57. The third-order valence-electron chi connectivity index (χ3n) is 4.37. The first kappa shape index (κ1) is 17.2. The summed E-state index contributed by atoms with van der Waals surface area (Å²) in [4.78, 5) is 15.7. The number of hydrogen-bond donors (Lipinski definition) is 2. The van der Waals surface area contributed by atoms with Crippen LogP contribution in [0.3, 0.4) is 0 Å². The lowest BCUT2D eigenvalue weighted by Gasteiger charge is -2.15. The van der Waals surface area contributed by atoms with Crippen molar-refractivity contribution in [3.63, 3.8) is 0 Å². The minimum atomic E-state index is -0.971. The summed E-state index contributed by atoms with van der Waals surface area (Å²) in [5.74, 6) is -0.412. The number of aromatic carboxylic acids is 1. The number of pyridine rings is 1. The highest BCUT2D eigenvalue weighted by molar-refractivity contribution is 6.03. The van der Waals surface area contributed by atoms with Gasteiger partial charge in [0.2, 0.25) is 0 Å². The molecule has 0 unspecified atom stereocenters. The smallest absolute Gasteiger partial charge is 0.336 e. The molecule has 1 fully saturated rings. The van der Waals surface area contributed by atoms with Crippen LogP contribution < -0.4 is 5.73 Å². The molecule has 1 aliphatic carbocycles. The van der Waals surface area contributed by atoms with E-state index < -0.39 is 5.97 Å². The first-order chi connectivity index (χ1) is 12.1.